The van der Waals surface area contributed by atoms with E-state index in [1.807, 2.05) is 17.0 Å². The zero-order valence-electron chi connectivity index (χ0n) is 14.7. The minimum Gasteiger partial charge on any atom is -0.493 e. The van der Waals surface area contributed by atoms with Gasteiger partial charge in [-0.1, -0.05) is 6.07 Å². The summed E-state index contributed by atoms with van der Waals surface area (Å²) in [6.45, 7) is 0.933. The lowest BCUT2D eigenvalue weighted by Crippen LogP contribution is -2.29. The predicted molar refractivity (Wildman–Crippen MR) is 93.3 cm³/mol. The maximum Gasteiger partial charge on any atom is 0.258 e. The average Bonchev–Trinajstić information content (AvgIpc) is 3.15. The summed E-state index contributed by atoms with van der Waals surface area (Å²) < 4.78 is 21.9. The highest BCUT2D eigenvalue weighted by atomic mass is 16.7. The number of hydrogen-bond acceptors (Lipinski definition) is 5. The molecule has 3 aliphatic heterocycles. The quantitative estimate of drug-likeness (QED) is 0.831. The lowest BCUT2D eigenvalue weighted by atomic mass is 9.95. The Morgan fingerprint density at radius 2 is 1.85 bits per heavy atom. The molecule has 0 radical (unpaired) electrons. The van der Waals surface area contributed by atoms with Crippen LogP contribution in [0.2, 0.25) is 0 Å². The fourth-order valence-corrected chi connectivity index (χ4v) is 4.27. The van der Waals surface area contributed by atoms with E-state index in [9.17, 15) is 4.79 Å². The van der Waals surface area contributed by atoms with Crippen molar-refractivity contribution in [2.75, 3.05) is 27.6 Å². The Balaban J connectivity index is 1.61. The van der Waals surface area contributed by atoms with Gasteiger partial charge in [0.15, 0.2) is 23.0 Å². The maximum atomic E-state index is 13.1. The van der Waals surface area contributed by atoms with Gasteiger partial charge in [-0.05, 0) is 47.7 Å². The average molecular weight is 353 g/mol. The highest BCUT2D eigenvalue weighted by Crippen LogP contribution is 2.47. The lowest BCUT2D eigenvalue weighted by molar-refractivity contribution is 0.0730. The van der Waals surface area contributed by atoms with Gasteiger partial charge in [0, 0.05) is 6.54 Å². The van der Waals surface area contributed by atoms with Crippen LogP contribution in [0, 0.1) is 0 Å². The number of carbonyl (C=O) groups is 1. The zero-order chi connectivity index (χ0) is 17.8. The molecule has 1 atom stereocenters. The third kappa shape index (κ3) is 2.01. The van der Waals surface area contributed by atoms with Crippen LogP contribution in [0.1, 0.15) is 33.1 Å². The second-order valence-corrected chi connectivity index (χ2v) is 6.71. The second kappa shape index (κ2) is 5.56. The molecule has 0 unspecified atom stereocenters. The molecular formula is C20H19NO5. The first kappa shape index (κ1) is 15.4. The van der Waals surface area contributed by atoms with Crippen LogP contribution in [-0.2, 0) is 12.8 Å². The van der Waals surface area contributed by atoms with Crippen molar-refractivity contribution in [3.05, 3.63) is 46.5 Å². The molecule has 5 rings (SSSR count). The number of hydrogen-bond donors (Lipinski definition) is 0. The third-order valence-electron chi connectivity index (χ3n) is 5.52. The molecule has 0 N–H and O–H groups in total. The van der Waals surface area contributed by atoms with Crippen molar-refractivity contribution < 1.29 is 23.7 Å². The van der Waals surface area contributed by atoms with E-state index in [-0.39, 0.29) is 18.7 Å². The highest BCUT2D eigenvalue weighted by molar-refractivity contribution is 6.02. The first-order valence-electron chi connectivity index (χ1n) is 8.68. The molecule has 0 spiro atoms. The summed E-state index contributed by atoms with van der Waals surface area (Å²) in [6.07, 6.45) is 1.54. The van der Waals surface area contributed by atoms with Crippen LogP contribution in [0.4, 0.5) is 0 Å². The summed E-state index contributed by atoms with van der Waals surface area (Å²) in [4.78, 5) is 15.1. The summed E-state index contributed by atoms with van der Waals surface area (Å²) in [7, 11) is 3.16. The van der Waals surface area contributed by atoms with Gasteiger partial charge in [-0.15, -0.1) is 0 Å². The Morgan fingerprint density at radius 1 is 1.08 bits per heavy atom. The van der Waals surface area contributed by atoms with Crippen LogP contribution in [0.25, 0.3) is 0 Å². The van der Waals surface area contributed by atoms with Crippen molar-refractivity contribution in [1.29, 1.82) is 0 Å². The molecule has 3 aliphatic rings. The minimum atomic E-state index is -0.000993. The van der Waals surface area contributed by atoms with E-state index in [1.54, 1.807) is 14.2 Å². The fourth-order valence-electron chi connectivity index (χ4n) is 4.27. The molecule has 134 valence electrons. The van der Waals surface area contributed by atoms with Crippen LogP contribution in [0.15, 0.2) is 24.3 Å². The summed E-state index contributed by atoms with van der Waals surface area (Å²) in [5, 5.41) is 0. The van der Waals surface area contributed by atoms with E-state index in [4.69, 9.17) is 18.9 Å². The SMILES string of the molecule is COc1ccc2c(c1OC)C(=O)N1CCc3cc4c(cc3C[C@@H]21)OCO4. The Labute approximate surface area is 151 Å². The maximum absolute atomic E-state index is 13.1. The smallest absolute Gasteiger partial charge is 0.258 e. The lowest BCUT2D eigenvalue weighted by Gasteiger charge is -2.22. The number of ether oxygens (including phenoxy) is 4. The predicted octanol–water partition coefficient (Wildman–Crippen LogP) is 2.73. The molecular weight excluding hydrogens is 334 g/mol. The van der Waals surface area contributed by atoms with E-state index < -0.39 is 0 Å². The Kier molecular flexibility index (Phi) is 3.29. The molecule has 1 amide bonds. The Hall–Kier alpha value is -2.89. The second-order valence-electron chi connectivity index (χ2n) is 6.71. The van der Waals surface area contributed by atoms with Gasteiger partial charge in [0.2, 0.25) is 6.79 Å². The fraction of sp³-hybridized carbons (Fsp3) is 0.350. The van der Waals surface area contributed by atoms with E-state index in [1.165, 1.54) is 11.1 Å². The van der Waals surface area contributed by atoms with Crippen molar-refractivity contribution in [3.8, 4) is 23.0 Å². The van der Waals surface area contributed by atoms with E-state index >= 15 is 0 Å². The van der Waals surface area contributed by atoms with Crippen molar-refractivity contribution in [2.24, 2.45) is 0 Å². The van der Waals surface area contributed by atoms with Crippen LogP contribution < -0.4 is 18.9 Å². The van der Waals surface area contributed by atoms with Crippen LogP contribution in [0.3, 0.4) is 0 Å². The van der Waals surface area contributed by atoms with Gasteiger partial charge in [0.05, 0.1) is 25.8 Å². The van der Waals surface area contributed by atoms with Gasteiger partial charge >= 0.3 is 0 Å². The Morgan fingerprint density at radius 3 is 2.58 bits per heavy atom. The van der Waals surface area contributed by atoms with Crippen molar-refractivity contribution >= 4 is 5.91 Å². The number of carbonyl (C=O) groups excluding carboxylic acids is 1. The first-order valence-corrected chi connectivity index (χ1v) is 8.68. The normalized spacial score (nSPS) is 19.5. The van der Waals surface area contributed by atoms with E-state index in [0.717, 1.165) is 29.9 Å². The van der Waals surface area contributed by atoms with Gasteiger partial charge in [-0.25, -0.2) is 0 Å². The summed E-state index contributed by atoms with van der Waals surface area (Å²) in [5.74, 6) is 2.70. The monoisotopic (exact) mass is 353 g/mol. The summed E-state index contributed by atoms with van der Waals surface area (Å²) in [5.41, 5.74) is 4.05. The largest absolute Gasteiger partial charge is 0.493 e. The molecule has 26 heavy (non-hydrogen) atoms. The van der Waals surface area contributed by atoms with Gasteiger partial charge < -0.3 is 23.8 Å². The van der Waals surface area contributed by atoms with Crippen molar-refractivity contribution in [2.45, 2.75) is 18.9 Å². The summed E-state index contributed by atoms with van der Waals surface area (Å²) >= 11 is 0. The van der Waals surface area contributed by atoms with Crippen LogP contribution >= 0.6 is 0 Å². The van der Waals surface area contributed by atoms with Gasteiger partial charge in [0.1, 0.15) is 0 Å². The van der Waals surface area contributed by atoms with Gasteiger partial charge in [-0.3, -0.25) is 4.79 Å². The molecule has 0 fully saturated rings. The first-order chi connectivity index (χ1) is 12.7. The zero-order valence-corrected chi connectivity index (χ0v) is 14.7. The molecule has 2 aromatic rings. The number of fused-ring (bicyclic) bond motifs is 5. The minimum absolute atomic E-state index is 0.000993. The number of rotatable bonds is 2. The van der Waals surface area contributed by atoms with E-state index in [2.05, 4.69) is 12.1 Å². The standard InChI is InChI=1S/C20H19NO5/c1-23-15-4-3-13-14-7-12-9-17-16(25-10-26-17)8-11(12)5-6-21(14)20(22)18(13)19(15)24-2/h3-4,8-9,14H,5-7,10H2,1-2H3/t14-/m0/s1. The van der Waals surface area contributed by atoms with Crippen molar-refractivity contribution in [3.63, 3.8) is 0 Å². The molecule has 6 heteroatoms. The number of methoxy groups -OCH3 is 2. The molecule has 2 aromatic carbocycles. The van der Waals surface area contributed by atoms with E-state index in [0.29, 0.717) is 23.6 Å². The number of benzene rings is 2. The highest BCUT2D eigenvalue weighted by Gasteiger charge is 2.41. The molecule has 6 nitrogen and oxygen atoms in total. The molecule has 0 aromatic heterocycles. The van der Waals surface area contributed by atoms with Crippen LogP contribution in [0.5, 0.6) is 23.0 Å². The molecule has 0 saturated heterocycles. The van der Waals surface area contributed by atoms with Gasteiger partial charge in [0.25, 0.3) is 5.91 Å². The van der Waals surface area contributed by atoms with Gasteiger partial charge in [-0.2, -0.15) is 0 Å². The molecule has 0 saturated carbocycles. The topological polar surface area (TPSA) is 57.2 Å². The summed E-state index contributed by atoms with van der Waals surface area (Å²) in [6, 6.07) is 7.97. The molecule has 3 heterocycles. The number of nitrogens with zero attached hydrogens (tertiary/aromatic N) is 1. The molecule has 0 aliphatic carbocycles. The number of amides is 1. The van der Waals surface area contributed by atoms with Crippen LogP contribution in [-0.4, -0.2) is 38.4 Å². The third-order valence-corrected chi connectivity index (χ3v) is 5.52. The van der Waals surface area contributed by atoms with Crippen molar-refractivity contribution in [1.82, 2.24) is 4.90 Å². The Bertz CT molecular complexity index is 923. The molecule has 0 bridgehead atoms.